The Balaban J connectivity index is 1.93. The van der Waals surface area contributed by atoms with Gasteiger partial charge in [-0.15, -0.1) is 11.3 Å². The van der Waals surface area contributed by atoms with Gasteiger partial charge >= 0.3 is 5.69 Å². The molecule has 0 spiro atoms. The predicted octanol–water partition coefficient (Wildman–Crippen LogP) is 0.624. The Morgan fingerprint density at radius 3 is 2.78 bits per heavy atom. The van der Waals surface area contributed by atoms with Gasteiger partial charge in [-0.1, -0.05) is 6.07 Å². The van der Waals surface area contributed by atoms with Crippen LogP contribution in [0.5, 0.6) is 0 Å². The molecule has 0 aromatic carbocycles. The van der Waals surface area contributed by atoms with Crippen molar-refractivity contribution < 1.29 is 4.79 Å². The van der Waals surface area contributed by atoms with Gasteiger partial charge in [-0.3, -0.25) is 23.7 Å². The standard InChI is InChI=1S/C15H14N4O3S/c1-18-13(21)10-6-11(23-14(10)19(2)15(18)22)12(20)17-8-9-4-3-5-16-7-9/h3-7H,8H2,1-2H3,(H,17,20). The molecule has 1 N–H and O–H groups in total. The summed E-state index contributed by atoms with van der Waals surface area (Å²) in [6, 6.07) is 5.18. The Bertz CT molecular complexity index is 1000. The highest BCUT2D eigenvalue weighted by molar-refractivity contribution is 7.20. The molecule has 7 nitrogen and oxygen atoms in total. The number of aromatic nitrogens is 3. The summed E-state index contributed by atoms with van der Waals surface area (Å²) >= 11 is 1.13. The molecule has 0 unspecified atom stereocenters. The maximum atomic E-state index is 12.3. The molecule has 0 saturated heterocycles. The Hall–Kier alpha value is -2.74. The molecule has 0 atom stereocenters. The summed E-state index contributed by atoms with van der Waals surface area (Å²) in [6.07, 6.45) is 3.33. The number of hydrogen-bond acceptors (Lipinski definition) is 5. The molecule has 0 aliphatic heterocycles. The fraction of sp³-hybridized carbons (Fsp3) is 0.200. The summed E-state index contributed by atoms with van der Waals surface area (Å²) in [4.78, 5) is 41.2. The second kappa shape index (κ2) is 5.81. The summed E-state index contributed by atoms with van der Waals surface area (Å²) in [5.41, 5.74) is 0.0719. The molecular formula is C15H14N4O3S. The van der Waals surface area contributed by atoms with Crippen LogP contribution >= 0.6 is 11.3 Å². The topological polar surface area (TPSA) is 86.0 Å². The molecule has 0 radical (unpaired) electrons. The molecule has 3 aromatic rings. The van der Waals surface area contributed by atoms with E-state index in [1.165, 1.54) is 17.7 Å². The lowest BCUT2D eigenvalue weighted by molar-refractivity contribution is 0.0955. The van der Waals surface area contributed by atoms with Crippen LogP contribution < -0.4 is 16.6 Å². The first-order chi connectivity index (χ1) is 11.0. The molecule has 0 fully saturated rings. The van der Waals surface area contributed by atoms with Gasteiger partial charge < -0.3 is 5.32 Å². The molecule has 3 aromatic heterocycles. The molecule has 0 bridgehead atoms. The lowest BCUT2D eigenvalue weighted by Gasteiger charge is -2.02. The van der Waals surface area contributed by atoms with Crippen molar-refractivity contribution in [2.24, 2.45) is 14.1 Å². The number of thiophene rings is 1. The number of carbonyl (C=O) groups excluding carboxylic acids is 1. The number of aryl methyl sites for hydroxylation is 1. The number of nitrogens with zero attached hydrogens (tertiary/aromatic N) is 3. The number of hydrogen-bond donors (Lipinski definition) is 1. The largest absolute Gasteiger partial charge is 0.347 e. The fourth-order valence-electron chi connectivity index (χ4n) is 2.25. The van der Waals surface area contributed by atoms with Gasteiger partial charge in [0.25, 0.3) is 11.5 Å². The summed E-state index contributed by atoms with van der Waals surface area (Å²) < 4.78 is 2.41. The zero-order chi connectivity index (χ0) is 16.6. The van der Waals surface area contributed by atoms with E-state index in [0.29, 0.717) is 21.6 Å². The van der Waals surface area contributed by atoms with Gasteiger partial charge in [0.1, 0.15) is 4.83 Å². The van der Waals surface area contributed by atoms with Crippen LogP contribution in [0.15, 0.2) is 40.2 Å². The second-order valence-electron chi connectivity index (χ2n) is 5.08. The van der Waals surface area contributed by atoms with Crippen LogP contribution in [0.3, 0.4) is 0 Å². The number of rotatable bonds is 3. The molecule has 0 aliphatic rings. The quantitative estimate of drug-likeness (QED) is 0.763. The van der Waals surface area contributed by atoms with Gasteiger partial charge in [-0.25, -0.2) is 4.79 Å². The van der Waals surface area contributed by atoms with E-state index < -0.39 is 11.2 Å². The van der Waals surface area contributed by atoms with Crippen molar-refractivity contribution in [3.8, 4) is 0 Å². The highest BCUT2D eigenvalue weighted by Crippen LogP contribution is 2.21. The van der Waals surface area contributed by atoms with Crippen molar-refractivity contribution in [3.05, 3.63) is 61.9 Å². The summed E-state index contributed by atoms with van der Waals surface area (Å²) in [6.45, 7) is 0.345. The third-order valence-corrected chi connectivity index (χ3v) is 4.74. The van der Waals surface area contributed by atoms with Gasteiger partial charge in [-0.2, -0.15) is 0 Å². The average molecular weight is 330 g/mol. The van der Waals surface area contributed by atoms with E-state index in [9.17, 15) is 14.4 Å². The number of fused-ring (bicyclic) bond motifs is 1. The smallest absolute Gasteiger partial charge is 0.331 e. The maximum absolute atomic E-state index is 12.3. The van der Waals surface area contributed by atoms with Gasteiger partial charge in [-0.05, 0) is 17.7 Å². The maximum Gasteiger partial charge on any atom is 0.331 e. The third-order valence-electron chi connectivity index (χ3n) is 3.53. The van der Waals surface area contributed by atoms with Gasteiger partial charge in [0.15, 0.2) is 0 Å². The molecule has 8 heteroatoms. The Kier molecular flexibility index (Phi) is 3.83. The van der Waals surface area contributed by atoms with Crippen LogP contribution in [0.4, 0.5) is 0 Å². The second-order valence-corrected chi connectivity index (χ2v) is 6.11. The fourth-order valence-corrected chi connectivity index (χ4v) is 3.27. The average Bonchev–Trinajstić information content (AvgIpc) is 3.02. The van der Waals surface area contributed by atoms with Crippen molar-refractivity contribution in [3.63, 3.8) is 0 Å². The number of amides is 1. The minimum Gasteiger partial charge on any atom is -0.347 e. The van der Waals surface area contributed by atoms with Gasteiger partial charge in [0.05, 0.1) is 10.3 Å². The molecule has 0 saturated carbocycles. The first kappa shape index (κ1) is 15.2. The van der Waals surface area contributed by atoms with E-state index in [1.807, 2.05) is 6.07 Å². The monoisotopic (exact) mass is 330 g/mol. The van der Waals surface area contributed by atoms with E-state index in [2.05, 4.69) is 10.3 Å². The Morgan fingerprint density at radius 2 is 2.09 bits per heavy atom. The minimum atomic E-state index is -0.410. The van der Waals surface area contributed by atoms with E-state index in [1.54, 1.807) is 25.5 Å². The van der Waals surface area contributed by atoms with E-state index >= 15 is 0 Å². The van der Waals surface area contributed by atoms with Crippen molar-refractivity contribution >= 4 is 27.5 Å². The summed E-state index contributed by atoms with van der Waals surface area (Å²) in [5.74, 6) is -0.287. The normalized spacial score (nSPS) is 10.9. The molecule has 0 aliphatic carbocycles. The Labute approximate surface area is 134 Å². The minimum absolute atomic E-state index is 0.287. The van der Waals surface area contributed by atoms with Crippen LogP contribution in [0.2, 0.25) is 0 Å². The molecule has 23 heavy (non-hydrogen) atoms. The SMILES string of the molecule is Cn1c(=O)c2cc(C(=O)NCc3cccnc3)sc2n(C)c1=O. The zero-order valence-corrected chi connectivity index (χ0v) is 13.4. The van der Waals surface area contributed by atoms with Crippen molar-refractivity contribution in [1.29, 1.82) is 0 Å². The first-order valence-electron chi connectivity index (χ1n) is 6.85. The third kappa shape index (κ3) is 2.68. The lowest BCUT2D eigenvalue weighted by atomic mass is 10.3. The number of carbonyl (C=O) groups is 1. The van der Waals surface area contributed by atoms with E-state index in [0.717, 1.165) is 21.5 Å². The van der Waals surface area contributed by atoms with Gasteiger partial charge in [0, 0.05) is 33.0 Å². The van der Waals surface area contributed by atoms with Crippen molar-refractivity contribution in [2.45, 2.75) is 6.54 Å². The molecule has 3 heterocycles. The zero-order valence-electron chi connectivity index (χ0n) is 12.6. The van der Waals surface area contributed by atoms with Gasteiger partial charge in [0.2, 0.25) is 0 Å². The van der Waals surface area contributed by atoms with Crippen molar-refractivity contribution in [1.82, 2.24) is 19.4 Å². The van der Waals surface area contributed by atoms with E-state index in [-0.39, 0.29) is 5.91 Å². The molecule has 3 rings (SSSR count). The Morgan fingerprint density at radius 1 is 1.30 bits per heavy atom. The molecular weight excluding hydrogens is 316 g/mol. The summed E-state index contributed by atoms with van der Waals surface area (Å²) in [7, 11) is 3.00. The highest BCUT2D eigenvalue weighted by Gasteiger charge is 2.16. The van der Waals surface area contributed by atoms with Crippen LogP contribution in [-0.2, 0) is 20.6 Å². The van der Waals surface area contributed by atoms with Crippen LogP contribution in [0.25, 0.3) is 10.2 Å². The highest BCUT2D eigenvalue weighted by atomic mass is 32.1. The number of nitrogens with one attached hydrogen (secondary N) is 1. The van der Waals surface area contributed by atoms with Crippen LogP contribution in [0, 0.1) is 0 Å². The molecule has 1 amide bonds. The lowest BCUT2D eigenvalue weighted by Crippen LogP contribution is -2.36. The van der Waals surface area contributed by atoms with E-state index in [4.69, 9.17) is 0 Å². The summed E-state index contributed by atoms with van der Waals surface area (Å²) in [5, 5.41) is 3.15. The number of pyridine rings is 1. The molecule has 118 valence electrons. The van der Waals surface area contributed by atoms with Crippen LogP contribution in [-0.4, -0.2) is 20.0 Å². The van der Waals surface area contributed by atoms with Crippen molar-refractivity contribution in [2.75, 3.05) is 0 Å². The first-order valence-corrected chi connectivity index (χ1v) is 7.67. The van der Waals surface area contributed by atoms with Crippen LogP contribution in [0.1, 0.15) is 15.2 Å². The predicted molar refractivity (Wildman–Crippen MR) is 87.7 cm³/mol.